The summed E-state index contributed by atoms with van der Waals surface area (Å²) < 4.78 is 0. The first-order chi connectivity index (χ1) is 2.77. The SMILES string of the molecule is CC(=O)OOO.[H-].[H-].[Mg+2]. The fourth-order valence-corrected chi connectivity index (χ4v) is 0.0525. The van der Waals surface area contributed by atoms with Gasteiger partial charge < -0.3 is 2.85 Å². The van der Waals surface area contributed by atoms with Gasteiger partial charge in [0.25, 0.3) is 0 Å². The van der Waals surface area contributed by atoms with Gasteiger partial charge in [-0.1, -0.05) is 0 Å². The number of carbonyl (C=O) groups excluding carboxylic acids is 1. The maximum absolute atomic E-state index is 9.54. The molecule has 0 aliphatic heterocycles. The average molecular weight is 118 g/mol. The van der Waals surface area contributed by atoms with Gasteiger partial charge >= 0.3 is 29.0 Å². The van der Waals surface area contributed by atoms with Gasteiger partial charge in [0, 0.05) is 6.92 Å². The fraction of sp³-hybridized carbons (Fsp3) is 0.500. The monoisotopic (exact) mass is 118 g/mol. The summed E-state index contributed by atoms with van der Waals surface area (Å²) in [6, 6.07) is 0. The number of hydrogen-bond donors (Lipinski definition) is 1. The van der Waals surface area contributed by atoms with E-state index in [1.165, 1.54) is 0 Å². The molecule has 0 spiro atoms. The molecule has 0 heterocycles. The van der Waals surface area contributed by atoms with E-state index >= 15 is 0 Å². The summed E-state index contributed by atoms with van der Waals surface area (Å²) in [5.41, 5.74) is 0. The molecule has 0 aromatic carbocycles. The summed E-state index contributed by atoms with van der Waals surface area (Å²) in [4.78, 5) is 13.0. The Bertz CT molecular complexity index is 60.5. The van der Waals surface area contributed by atoms with E-state index in [0.717, 1.165) is 6.92 Å². The van der Waals surface area contributed by atoms with Crippen LogP contribution < -0.4 is 0 Å². The van der Waals surface area contributed by atoms with Crippen LogP contribution in [0.25, 0.3) is 0 Å². The van der Waals surface area contributed by atoms with Crippen LogP contribution in [0.4, 0.5) is 0 Å². The van der Waals surface area contributed by atoms with Gasteiger partial charge in [-0.2, -0.15) is 0 Å². The molecule has 0 saturated carbocycles. The van der Waals surface area contributed by atoms with Crippen molar-refractivity contribution in [2.75, 3.05) is 0 Å². The molecule has 5 heteroatoms. The second-order valence-corrected chi connectivity index (χ2v) is 0.649. The van der Waals surface area contributed by atoms with E-state index in [9.17, 15) is 4.79 Å². The van der Waals surface area contributed by atoms with Crippen LogP contribution in [-0.2, 0) is 14.7 Å². The van der Waals surface area contributed by atoms with Crippen molar-refractivity contribution in [2.45, 2.75) is 6.92 Å². The van der Waals surface area contributed by atoms with Crippen LogP contribution in [0.15, 0.2) is 0 Å². The largest absolute Gasteiger partial charge is 2.00 e. The second-order valence-electron chi connectivity index (χ2n) is 0.649. The first kappa shape index (κ1) is 10.2. The third-order valence-electron chi connectivity index (χ3n) is 0.155. The van der Waals surface area contributed by atoms with E-state index in [4.69, 9.17) is 5.26 Å². The molecule has 7 heavy (non-hydrogen) atoms. The van der Waals surface area contributed by atoms with Crippen LogP contribution >= 0.6 is 0 Å². The van der Waals surface area contributed by atoms with Crippen molar-refractivity contribution in [3.05, 3.63) is 0 Å². The Morgan fingerprint density at radius 2 is 2.29 bits per heavy atom. The molecule has 0 saturated heterocycles. The van der Waals surface area contributed by atoms with E-state index < -0.39 is 5.97 Å². The summed E-state index contributed by atoms with van der Waals surface area (Å²) in [6.45, 7) is 1.11. The van der Waals surface area contributed by atoms with Gasteiger partial charge in [0.1, 0.15) is 0 Å². The van der Waals surface area contributed by atoms with Crippen molar-refractivity contribution in [2.24, 2.45) is 0 Å². The summed E-state index contributed by atoms with van der Waals surface area (Å²) in [5.74, 6) is -0.683. The molecule has 4 nitrogen and oxygen atoms in total. The number of hydrogen-bond acceptors (Lipinski definition) is 4. The minimum atomic E-state index is -0.683. The molecule has 0 aliphatic rings. The van der Waals surface area contributed by atoms with Gasteiger partial charge in [0.15, 0.2) is 0 Å². The fourth-order valence-electron chi connectivity index (χ4n) is 0.0525. The second kappa shape index (κ2) is 6.16. The van der Waals surface area contributed by atoms with Crippen LogP contribution in [0.3, 0.4) is 0 Å². The van der Waals surface area contributed by atoms with Gasteiger partial charge in [-0.3, -0.25) is 4.89 Å². The van der Waals surface area contributed by atoms with Crippen LogP contribution in [0.2, 0.25) is 0 Å². The molecule has 0 atom stereocenters. The molecule has 0 bridgehead atoms. The first-order valence-corrected chi connectivity index (χ1v) is 1.26. The Morgan fingerprint density at radius 1 is 1.86 bits per heavy atom. The molecule has 0 aromatic rings. The molecule has 0 aromatic heterocycles. The molecule has 0 rings (SSSR count). The maximum atomic E-state index is 9.54. The molecule has 0 radical (unpaired) electrons. The van der Waals surface area contributed by atoms with Crippen molar-refractivity contribution in [1.29, 1.82) is 0 Å². The number of carbonyl (C=O) groups is 1. The predicted octanol–water partition coefficient (Wildman–Crippen LogP) is -0.202. The predicted molar refractivity (Wildman–Crippen MR) is 23.5 cm³/mol. The topological polar surface area (TPSA) is 55.8 Å². The molecule has 0 aliphatic carbocycles. The third kappa shape index (κ3) is 10.7. The van der Waals surface area contributed by atoms with Gasteiger partial charge in [0.2, 0.25) is 0 Å². The zero-order valence-electron chi connectivity index (χ0n) is 5.88. The van der Waals surface area contributed by atoms with Gasteiger partial charge in [0.05, 0.1) is 0 Å². The van der Waals surface area contributed by atoms with Crippen LogP contribution in [0, 0.1) is 0 Å². The van der Waals surface area contributed by atoms with E-state index in [2.05, 4.69) is 9.93 Å². The van der Waals surface area contributed by atoms with Gasteiger partial charge in [-0.25, -0.2) is 10.1 Å². The van der Waals surface area contributed by atoms with Crippen LogP contribution in [0.1, 0.15) is 9.78 Å². The average Bonchev–Trinajstić information content (AvgIpc) is 1.35. The van der Waals surface area contributed by atoms with E-state index in [1.54, 1.807) is 0 Å². The van der Waals surface area contributed by atoms with Crippen molar-refractivity contribution < 1.29 is 22.8 Å². The quantitative estimate of drug-likeness (QED) is 0.294. The Labute approximate surface area is 59.4 Å². The summed E-state index contributed by atoms with van der Waals surface area (Å²) in [6.07, 6.45) is 0. The Morgan fingerprint density at radius 3 is 2.29 bits per heavy atom. The minimum Gasteiger partial charge on any atom is -1.00 e. The van der Waals surface area contributed by atoms with E-state index in [0.29, 0.717) is 0 Å². The van der Waals surface area contributed by atoms with Crippen molar-refractivity contribution in [1.82, 2.24) is 0 Å². The normalized spacial score (nSPS) is 6.57. The van der Waals surface area contributed by atoms with Crippen molar-refractivity contribution in [3.63, 3.8) is 0 Å². The van der Waals surface area contributed by atoms with Gasteiger partial charge in [-0.05, 0) is 5.04 Å². The third-order valence-corrected chi connectivity index (χ3v) is 0.155. The molecule has 40 valence electrons. The Balaban J connectivity index is -0.0000000417. The molecule has 0 unspecified atom stereocenters. The molecule has 1 N–H and O–H groups in total. The van der Waals surface area contributed by atoms with Gasteiger partial charge in [-0.15, -0.1) is 0 Å². The Hall–Kier alpha value is 0.156. The molecule has 0 amide bonds. The first-order valence-electron chi connectivity index (χ1n) is 1.26. The molecular formula is C2H6MgO4. The summed E-state index contributed by atoms with van der Waals surface area (Å²) in [5, 5.41) is 10.2. The number of rotatable bonds is 1. The molecular weight excluding hydrogens is 112 g/mol. The standard InChI is InChI=1S/C2H4O4.Mg.2H/c1-2(3)5-6-4;;;/h4H,1H3;;;/q;+2;2*-1. The minimum absolute atomic E-state index is 0. The molecule has 0 fully saturated rings. The smallest absolute Gasteiger partial charge is 1.00 e. The maximum Gasteiger partial charge on any atom is 2.00 e. The summed E-state index contributed by atoms with van der Waals surface area (Å²) in [7, 11) is 0. The zero-order chi connectivity index (χ0) is 4.99. The summed E-state index contributed by atoms with van der Waals surface area (Å²) >= 11 is 0. The zero-order valence-corrected chi connectivity index (χ0v) is 5.29. The van der Waals surface area contributed by atoms with E-state index in [-0.39, 0.29) is 25.9 Å². The van der Waals surface area contributed by atoms with Crippen LogP contribution in [-0.4, -0.2) is 34.3 Å². The van der Waals surface area contributed by atoms with E-state index in [1.807, 2.05) is 0 Å². The van der Waals surface area contributed by atoms with Crippen molar-refractivity contribution >= 4 is 29.0 Å². The Kier molecular flexibility index (Phi) is 8.97. The van der Waals surface area contributed by atoms with Crippen molar-refractivity contribution in [3.8, 4) is 0 Å². The van der Waals surface area contributed by atoms with Crippen LogP contribution in [0.5, 0.6) is 0 Å².